The minimum atomic E-state index is 0.0213. The Morgan fingerprint density at radius 3 is 2.67 bits per heavy atom. The molecule has 116 valence electrons. The minimum Gasteiger partial charge on any atom is -0.493 e. The summed E-state index contributed by atoms with van der Waals surface area (Å²) >= 11 is 0. The van der Waals surface area contributed by atoms with Crippen LogP contribution in [0.1, 0.15) is 49.8 Å². The molecular formula is C18H28N2O. The van der Waals surface area contributed by atoms with E-state index in [-0.39, 0.29) is 11.6 Å². The molecule has 1 aromatic carbocycles. The highest BCUT2D eigenvalue weighted by Crippen LogP contribution is 2.45. The molecule has 2 N–H and O–H groups in total. The first kappa shape index (κ1) is 14.9. The van der Waals surface area contributed by atoms with Gasteiger partial charge in [-0.1, -0.05) is 25.1 Å². The molecule has 3 rings (SSSR count). The Morgan fingerprint density at radius 2 is 2.00 bits per heavy atom. The van der Waals surface area contributed by atoms with Crippen molar-refractivity contribution >= 4 is 0 Å². The molecule has 0 saturated heterocycles. The Bertz CT molecular complexity index is 504. The third-order valence-electron chi connectivity index (χ3n) is 5.69. The van der Waals surface area contributed by atoms with Gasteiger partial charge in [-0.3, -0.25) is 0 Å². The topological polar surface area (TPSA) is 38.5 Å². The minimum absolute atomic E-state index is 0.0213. The van der Waals surface area contributed by atoms with Crippen molar-refractivity contribution < 1.29 is 4.74 Å². The van der Waals surface area contributed by atoms with Crippen LogP contribution in [0.2, 0.25) is 0 Å². The highest BCUT2D eigenvalue weighted by Gasteiger charge is 2.43. The van der Waals surface area contributed by atoms with Crippen LogP contribution in [0.4, 0.5) is 0 Å². The molecule has 0 bridgehead atoms. The van der Waals surface area contributed by atoms with Crippen molar-refractivity contribution in [2.24, 2.45) is 11.7 Å². The molecule has 0 aromatic heterocycles. The number of fused-ring (bicyclic) bond motifs is 1. The van der Waals surface area contributed by atoms with Crippen LogP contribution in [0.25, 0.3) is 0 Å². The Morgan fingerprint density at radius 1 is 1.29 bits per heavy atom. The zero-order valence-electron chi connectivity index (χ0n) is 13.6. The van der Waals surface area contributed by atoms with E-state index in [1.54, 1.807) is 0 Å². The molecular weight excluding hydrogens is 260 g/mol. The summed E-state index contributed by atoms with van der Waals surface area (Å²) in [5, 5.41) is 0. The van der Waals surface area contributed by atoms with E-state index in [4.69, 9.17) is 10.5 Å². The van der Waals surface area contributed by atoms with Crippen LogP contribution >= 0.6 is 0 Å². The summed E-state index contributed by atoms with van der Waals surface area (Å²) in [6, 6.07) is 6.49. The monoisotopic (exact) mass is 288 g/mol. The van der Waals surface area contributed by atoms with Crippen molar-refractivity contribution in [3.05, 3.63) is 29.3 Å². The van der Waals surface area contributed by atoms with Crippen LogP contribution in [-0.2, 0) is 6.42 Å². The Kier molecular flexibility index (Phi) is 3.98. The molecule has 2 aliphatic rings. The van der Waals surface area contributed by atoms with Gasteiger partial charge in [0, 0.05) is 17.5 Å². The van der Waals surface area contributed by atoms with Gasteiger partial charge in [0.2, 0.25) is 0 Å². The smallest absolute Gasteiger partial charge is 0.127 e. The standard InChI is InChI=1S/C18H28N2O/c1-13-7-10-18(11-8-13,20(2)3)17(19)15-6-4-5-14-9-12-21-16(14)15/h4-6,13,17H,7-12,19H2,1-3H3. The fraction of sp³-hybridized carbons (Fsp3) is 0.667. The quantitative estimate of drug-likeness (QED) is 0.928. The molecule has 1 aromatic rings. The summed E-state index contributed by atoms with van der Waals surface area (Å²) in [6.45, 7) is 3.15. The number of nitrogens with zero attached hydrogens (tertiary/aromatic N) is 1. The second kappa shape index (κ2) is 5.62. The summed E-state index contributed by atoms with van der Waals surface area (Å²) in [5.74, 6) is 1.88. The van der Waals surface area contributed by atoms with E-state index < -0.39 is 0 Å². The van der Waals surface area contributed by atoms with Crippen LogP contribution in [0.3, 0.4) is 0 Å². The van der Waals surface area contributed by atoms with Crippen molar-refractivity contribution in [1.29, 1.82) is 0 Å². The van der Waals surface area contributed by atoms with E-state index in [2.05, 4.69) is 44.1 Å². The van der Waals surface area contributed by atoms with Crippen LogP contribution < -0.4 is 10.5 Å². The average molecular weight is 288 g/mol. The normalized spacial score (nSPS) is 30.0. The van der Waals surface area contributed by atoms with Crippen molar-refractivity contribution in [1.82, 2.24) is 4.90 Å². The lowest BCUT2D eigenvalue weighted by Crippen LogP contribution is -2.54. The third kappa shape index (κ3) is 2.47. The zero-order valence-corrected chi connectivity index (χ0v) is 13.6. The molecule has 21 heavy (non-hydrogen) atoms. The van der Waals surface area contributed by atoms with Crippen LogP contribution in [0.5, 0.6) is 5.75 Å². The first-order chi connectivity index (χ1) is 10.0. The molecule has 1 aliphatic heterocycles. The lowest BCUT2D eigenvalue weighted by molar-refractivity contribution is 0.0556. The molecule has 0 radical (unpaired) electrons. The third-order valence-corrected chi connectivity index (χ3v) is 5.69. The van der Waals surface area contributed by atoms with Crippen molar-refractivity contribution in [3.63, 3.8) is 0 Å². The number of hydrogen-bond acceptors (Lipinski definition) is 3. The maximum Gasteiger partial charge on any atom is 0.127 e. The van der Waals surface area contributed by atoms with E-state index in [9.17, 15) is 0 Å². The van der Waals surface area contributed by atoms with Gasteiger partial charge in [0.05, 0.1) is 12.6 Å². The van der Waals surface area contributed by atoms with E-state index in [1.807, 2.05) is 0 Å². The van der Waals surface area contributed by atoms with Gasteiger partial charge in [0.25, 0.3) is 0 Å². The van der Waals surface area contributed by atoms with Crippen molar-refractivity contribution in [3.8, 4) is 5.75 Å². The lowest BCUT2D eigenvalue weighted by Gasteiger charge is -2.48. The zero-order chi connectivity index (χ0) is 15.0. The second-order valence-electron chi connectivity index (χ2n) is 7.09. The molecule has 1 atom stereocenters. The number of rotatable bonds is 3. The summed E-state index contributed by atoms with van der Waals surface area (Å²) in [7, 11) is 4.36. The lowest BCUT2D eigenvalue weighted by atomic mass is 9.70. The van der Waals surface area contributed by atoms with Gasteiger partial charge in [0.15, 0.2) is 0 Å². The number of likely N-dealkylation sites (N-methyl/N-ethyl adjacent to an activating group) is 1. The van der Waals surface area contributed by atoms with Crippen molar-refractivity contribution in [2.75, 3.05) is 20.7 Å². The van der Waals surface area contributed by atoms with Gasteiger partial charge in [-0.05, 0) is 51.3 Å². The van der Waals surface area contributed by atoms with E-state index in [0.717, 1.165) is 24.7 Å². The van der Waals surface area contributed by atoms with Crippen LogP contribution in [0.15, 0.2) is 18.2 Å². The van der Waals surface area contributed by atoms with E-state index >= 15 is 0 Å². The molecule has 3 heteroatoms. The number of ether oxygens (including phenoxy) is 1. The predicted octanol–water partition coefficient (Wildman–Crippen LogP) is 3.13. The molecule has 1 unspecified atom stereocenters. The molecule has 1 fully saturated rings. The summed E-state index contributed by atoms with van der Waals surface area (Å²) in [5.41, 5.74) is 9.39. The van der Waals surface area contributed by atoms with Gasteiger partial charge in [-0.25, -0.2) is 0 Å². The van der Waals surface area contributed by atoms with Crippen LogP contribution in [-0.4, -0.2) is 31.1 Å². The average Bonchev–Trinajstić information content (AvgIpc) is 2.95. The summed E-state index contributed by atoms with van der Waals surface area (Å²) < 4.78 is 5.89. The Labute approximate surface area is 128 Å². The molecule has 3 nitrogen and oxygen atoms in total. The molecule has 1 saturated carbocycles. The summed E-state index contributed by atoms with van der Waals surface area (Å²) in [6.07, 6.45) is 5.89. The van der Waals surface area contributed by atoms with Gasteiger partial charge < -0.3 is 15.4 Å². The highest BCUT2D eigenvalue weighted by molar-refractivity contribution is 5.46. The largest absolute Gasteiger partial charge is 0.493 e. The first-order valence-corrected chi connectivity index (χ1v) is 8.22. The Balaban J connectivity index is 1.95. The number of hydrogen-bond donors (Lipinski definition) is 1. The maximum absolute atomic E-state index is 6.80. The first-order valence-electron chi connectivity index (χ1n) is 8.22. The van der Waals surface area contributed by atoms with Gasteiger partial charge in [-0.15, -0.1) is 0 Å². The highest BCUT2D eigenvalue weighted by atomic mass is 16.5. The molecule has 0 spiro atoms. The predicted molar refractivity (Wildman–Crippen MR) is 86.6 cm³/mol. The van der Waals surface area contributed by atoms with Gasteiger partial charge >= 0.3 is 0 Å². The Hall–Kier alpha value is -1.06. The van der Waals surface area contributed by atoms with Crippen molar-refractivity contribution in [2.45, 2.75) is 50.6 Å². The van der Waals surface area contributed by atoms with Gasteiger partial charge in [-0.2, -0.15) is 0 Å². The molecule has 1 heterocycles. The maximum atomic E-state index is 6.80. The molecule has 1 aliphatic carbocycles. The van der Waals surface area contributed by atoms with Gasteiger partial charge in [0.1, 0.15) is 5.75 Å². The SMILES string of the molecule is CC1CCC(C(N)c2cccc3c2OCC3)(N(C)C)CC1. The van der Waals surface area contributed by atoms with Crippen LogP contribution in [0, 0.1) is 5.92 Å². The number of para-hydroxylation sites is 1. The fourth-order valence-corrected chi connectivity index (χ4v) is 4.07. The number of nitrogens with two attached hydrogens (primary N) is 1. The second-order valence-corrected chi connectivity index (χ2v) is 7.09. The van der Waals surface area contributed by atoms with E-state index in [1.165, 1.54) is 36.8 Å². The number of benzene rings is 1. The summed E-state index contributed by atoms with van der Waals surface area (Å²) in [4.78, 5) is 2.36. The fourth-order valence-electron chi connectivity index (χ4n) is 4.07. The van der Waals surface area contributed by atoms with E-state index in [0.29, 0.717) is 0 Å². The molecule has 0 amide bonds.